The fourth-order valence-corrected chi connectivity index (χ4v) is 22.0. The van der Waals surface area contributed by atoms with Gasteiger partial charge in [-0.15, -0.1) is 35.4 Å². The molecule has 322 valence electrons. The van der Waals surface area contributed by atoms with E-state index in [4.69, 9.17) is 12.8 Å². The van der Waals surface area contributed by atoms with Crippen LogP contribution in [0.4, 0.5) is 0 Å². The van der Waals surface area contributed by atoms with E-state index in [1.807, 2.05) is 18.2 Å². The molecule has 0 saturated heterocycles. The largest absolute Gasteiger partial charge is 1.00 e. The Morgan fingerprint density at radius 3 is 1.18 bits per heavy atom. The molecule has 6 aliphatic rings. The first-order valence-corrected chi connectivity index (χ1v) is 27.4. The molecule has 0 unspecified atom stereocenters. The van der Waals surface area contributed by atoms with Crippen molar-refractivity contribution < 1.29 is 44.8 Å². The SMILES string of the molecule is C1CCC([PH+](CC[PH+](C2CCCCC2)C2CCCCC2)C2CCCCC2)CC1.[Au+].[Au+].[C-]#Cc1ccc2c(c1)-c1ccccc1C2.[C-]#Cc1ccc2c(c1)Cc1ccccc1-2. The first kappa shape index (κ1) is 47.8. The maximum absolute atomic E-state index is 7.14. The van der Waals surface area contributed by atoms with Gasteiger partial charge in [-0.05, 0) is 155 Å². The molecule has 0 bridgehead atoms. The topological polar surface area (TPSA) is 0 Å². The summed E-state index contributed by atoms with van der Waals surface area (Å²) in [5, 5.41) is 0. The van der Waals surface area contributed by atoms with Gasteiger partial charge >= 0.3 is 44.8 Å². The van der Waals surface area contributed by atoms with E-state index < -0.39 is 0 Å². The molecular formula is C56H68Au2P2+2. The standard InChI is InChI=1S/C26H48P2.2C15H9.2Au/c1-5-13-23(14-6-1)27(24-15-7-2-8-16-24)21-22-28(25-17-9-3-10-18-25)26-19-11-4-12-20-26;1-2-11-7-8-15-13(9-11)10-12-5-3-4-6-14(12)15;1-2-11-7-8-13-10-12-5-3-4-6-14(12)15(13)9-11;;/h23-26H,1-22H2;2*3-9H,10H2;;/q;2*-1;2*+1/p+2. The Kier molecular flexibility index (Phi) is 19.5. The Morgan fingerprint density at radius 2 is 0.733 bits per heavy atom. The minimum atomic E-state index is -0.0909. The summed E-state index contributed by atoms with van der Waals surface area (Å²) in [5.41, 5.74) is 17.3. The summed E-state index contributed by atoms with van der Waals surface area (Å²) < 4.78 is 0. The Balaban J connectivity index is 0.000000160. The molecule has 10 rings (SSSR count). The number of hydrogen-bond donors (Lipinski definition) is 0. The van der Waals surface area contributed by atoms with Crippen LogP contribution in [-0.4, -0.2) is 35.0 Å². The monoisotopic (exact) mass is 1200 g/mol. The molecule has 0 radical (unpaired) electrons. The molecule has 4 aromatic rings. The summed E-state index contributed by atoms with van der Waals surface area (Å²) in [6.45, 7) is 0. The molecule has 4 aromatic carbocycles. The van der Waals surface area contributed by atoms with E-state index in [0.29, 0.717) is 0 Å². The van der Waals surface area contributed by atoms with Crippen LogP contribution >= 0.6 is 15.8 Å². The van der Waals surface area contributed by atoms with Crippen LogP contribution in [0.15, 0.2) is 84.9 Å². The predicted molar refractivity (Wildman–Crippen MR) is 256 cm³/mol. The quantitative estimate of drug-likeness (QED) is 0.0647. The molecule has 4 saturated carbocycles. The second kappa shape index (κ2) is 24.4. The van der Waals surface area contributed by atoms with Crippen LogP contribution in [0.25, 0.3) is 22.3 Å². The first-order chi connectivity index (χ1) is 28.7. The summed E-state index contributed by atoms with van der Waals surface area (Å²) in [7, 11) is -0.182. The molecule has 6 aliphatic carbocycles. The molecule has 0 nitrogen and oxygen atoms in total. The molecule has 0 spiro atoms. The van der Waals surface area contributed by atoms with Crippen molar-refractivity contribution in [2.45, 2.75) is 164 Å². The molecular weight excluding hydrogens is 1130 g/mol. The molecule has 0 N–H and O–H groups in total. The van der Waals surface area contributed by atoms with E-state index in [1.54, 1.807) is 141 Å². The van der Waals surface area contributed by atoms with E-state index in [2.05, 4.69) is 78.6 Å². The third kappa shape index (κ3) is 12.1. The van der Waals surface area contributed by atoms with Crippen LogP contribution in [-0.2, 0) is 57.6 Å². The van der Waals surface area contributed by atoms with Crippen LogP contribution in [0.1, 0.15) is 162 Å². The predicted octanol–water partition coefficient (Wildman–Crippen LogP) is 15.1. The molecule has 60 heavy (non-hydrogen) atoms. The van der Waals surface area contributed by atoms with Gasteiger partial charge in [0.15, 0.2) is 0 Å². The minimum absolute atomic E-state index is 0. The van der Waals surface area contributed by atoms with Crippen molar-refractivity contribution in [2.75, 3.05) is 12.3 Å². The third-order valence-electron chi connectivity index (χ3n) is 15.1. The van der Waals surface area contributed by atoms with Crippen LogP contribution in [0, 0.1) is 24.7 Å². The van der Waals surface area contributed by atoms with Gasteiger partial charge in [-0.1, -0.05) is 91.9 Å². The molecule has 0 atom stereocenters. The molecule has 0 aromatic heterocycles. The van der Waals surface area contributed by atoms with Gasteiger partial charge in [0, 0.05) is 15.8 Å². The molecule has 0 heterocycles. The van der Waals surface area contributed by atoms with Crippen molar-refractivity contribution in [1.29, 1.82) is 0 Å². The molecule has 0 aliphatic heterocycles. The van der Waals surface area contributed by atoms with Crippen molar-refractivity contribution in [2.24, 2.45) is 0 Å². The first-order valence-electron chi connectivity index (χ1n) is 23.7. The molecule has 4 fully saturated rings. The molecule has 0 amide bonds. The fraction of sp³-hybridized carbons (Fsp3) is 0.500. The van der Waals surface area contributed by atoms with Gasteiger partial charge in [0.25, 0.3) is 0 Å². The normalized spacial score (nSPS) is 18.7. The fourth-order valence-electron chi connectivity index (χ4n) is 12.1. The van der Waals surface area contributed by atoms with E-state index in [9.17, 15) is 0 Å². The van der Waals surface area contributed by atoms with Crippen molar-refractivity contribution in [3.05, 3.63) is 131 Å². The van der Waals surface area contributed by atoms with Crippen molar-refractivity contribution in [3.8, 4) is 34.1 Å². The summed E-state index contributed by atoms with van der Waals surface area (Å²) in [6.07, 6.45) is 51.7. The number of hydrogen-bond acceptors (Lipinski definition) is 0. The van der Waals surface area contributed by atoms with E-state index in [-0.39, 0.29) is 60.6 Å². The third-order valence-corrected chi connectivity index (χ3v) is 23.8. The van der Waals surface area contributed by atoms with E-state index >= 15 is 0 Å². The average molecular weight is 1200 g/mol. The van der Waals surface area contributed by atoms with E-state index in [0.717, 1.165) is 24.0 Å². The smallest absolute Gasteiger partial charge is 0.366 e. The zero-order valence-electron chi connectivity index (χ0n) is 36.0. The van der Waals surface area contributed by atoms with Crippen LogP contribution in [0.5, 0.6) is 0 Å². The van der Waals surface area contributed by atoms with Gasteiger partial charge in [0.1, 0.15) is 0 Å². The number of rotatable bonds is 7. The van der Waals surface area contributed by atoms with Gasteiger partial charge in [0.05, 0.1) is 35.0 Å². The summed E-state index contributed by atoms with van der Waals surface area (Å²) >= 11 is 0. The van der Waals surface area contributed by atoms with Gasteiger partial charge < -0.3 is 12.8 Å². The number of fused-ring (bicyclic) bond motifs is 6. The Labute approximate surface area is 399 Å². The Hall–Kier alpha value is -1.66. The Morgan fingerprint density at radius 1 is 0.383 bits per heavy atom. The van der Waals surface area contributed by atoms with E-state index in [1.165, 1.54) is 67.1 Å². The summed E-state index contributed by atoms with van der Waals surface area (Å²) in [6, 6.07) is 29.2. The zero-order valence-corrected chi connectivity index (χ0v) is 42.3. The van der Waals surface area contributed by atoms with Gasteiger partial charge in [-0.25, -0.2) is 0 Å². The molecule has 4 heteroatoms. The second-order valence-electron chi connectivity index (χ2n) is 18.7. The van der Waals surface area contributed by atoms with Crippen molar-refractivity contribution in [1.82, 2.24) is 0 Å². The summed E-state index contributed by atoms with van der Waals surface area (Å²) in [5.74, 6) is 4.87. The van der Waals surface area contributed by atoms with Crippen LogP contribution < -0.4 is 0 Å². The van der Waals surface area contributed by atoms with Crippen LogP contribution in [0.3, 0.4) is 0 Å². The van der Waals surface area contributed by atoms with Crippen molar-refractivity contribution >= 4 is 15.8 Å². The summed E-state index contributed by atoms with van der Waals surface area (Å²) in [4.78, 5) is 0. The van der Waals surface area contributed by atoms with Crippen LogP contribution in [0.2, 0.25) is 0 Å². The zero-order chi connectivity index (χ0) is 39.5. The minimum Gasteiger partial charge on any atom is -0.366 e. The second-order valence-corrected chi connectivity index (χ2v) is 25.2. The maximum Gasteiger partial charge on any atom is 1.00 e. The Bertz CT molecular complexity index is 1950. The average Bonchev–Trinajstić information content (AvgIpc) is 3.87. The van der Waals surface area contributed by atoms with Gasteiger partial charge in [-0.2, -0.15) is 0 Å². The van der Waals surface area contributed by atoms with Gasteiger partial charge in [0.2, 0.25) is 0 Å². The maximum atomic E-state index is 7.14. The van der Waals surface area contributed by atoms with Crippen molar-refractivity contribution in [3.63, 3.8) is 0 Å². The van der Waals surface area contributed by atoms with Gasteiger partial charge in [-0.3, -0.25) is 11.8 Å². The number of benzene rings is 4.